The van der Waals surface area contributed by atoms with E-state index >= 15 is 0 Å². The molecule has 7 heteroatoms. The van der Waals surface area contributed by atoms with E-state index < -0.39 is 7.60 Å². The Bertz CT molecular complexity index is 895. The molecule has 3 rings (SSSR count). The monoisotopic (exact) mass is 426 g/mol. The van der Waals surface area contributed by atoms with Gasteiger partial charge in [0.2, 0.25) is 0 Å². The lowest BCUT2D eigenvalue weighted by Gasteiger charge is -2.38. The maximum absolute atomic E-state index is 13.2. The lowest BCUT2D eigenvalue weighted by atomic mass is 9.84. The van der Waals surface area contributed by atoms with E-state index in [2.05, 4.69) is 13.8 Å². The molecule has 1 heterocycles. The molecule has 1 fully saturated rings. The third kappa shape index (κ3) is 4.16. The highest BCUT2D eigenvalue weighted by atomic mass is 35.5. The maximum Gasteiger partial charge on any atom is 0.361 e. The zero-order valence-corrected chi connectivity index (χ0v) is 17.6. The Kier molecular flexibility index (Phi) is 6.14. The summed E-state index contributed by atoms with van der Waals surface area (Å²) in [7, 11) is -3.46. The van der Waals surface area contributed by atoms with Crippen molar-refractivity contribution >= 4 is 41.9 Å². The summed E-state index contributed by atoms with van der Waals surface area (Å²) in [6.07, 6.45) is 1.77. The van der Waals surface area contributed by atoms with Gasteiger partial charge < -0.3 is 9.05 Å². The van der Waals surface area contributed by atoms with Crippen LogP contribution in [0.15, 0.2) is 42.5 Å². The zero-order chi connectivity index (χ0) is 19.7. The molecule has 2 aromatic rings. The smallest absolute Gasteiger partial charge is 0.305 e. The molecule has 1 saturated heterocycles. The summed E-state index contributed by atoms with van der Waals surface area (Å²) in [5.41, 5.74) is 0.526. The van der Waals surface area contributed by atoms with Crippen LogP contribution < -0.4 is 5.30 Å². The fourth-order valence-corrected chi connectivity index (χ4v) is 5.18. The lowest BCUT2D eigenvalue weighted by Crippen LogP contribution is -2.36. The lowest BCUT2D eigenvalue weighted by molar-refractivity contribution is 0.0157. The van der Waals surface area contributed by atoms with Crippen LogP contribution in [0.2, 0.25) is 10.0 Å². The summed E-state index contributed by atoms with van der Waals surface area (Å²) in [5, 5.41) is 1.09. The first-order valence-corrected chi connectivity index (χ1v) is 11.1. The van der Waals surface area contributed by atoms with E-state index in [0.29, 0.717) is 39.7 Å². The highest BCUT2D eigenvalue weighted by molar-refractivity contribution is 7.62. The van der Waals surface area contributed by atoms with Crippen LogP contribution in [-0.4, -0.2) is 19.0 Å². The van der Waals surface area contributed by atoms with Crippen LogP contribution in [-0.2, 0) is 13.6 Å². The zero-order valence-electron chi connectivity index (χ0n) is 15.2. The first-order valence-electron chi connectivity index (χ1n) is 8.82. The largest absolute Gasteiger partial charge is 0.361 e. The summed E-state index contributed by atoms with van der Waals surface area (Å²) in [4.78, 5) is 12.8. The Morgan fingerprint density at radius 1 is 1.07 bits per heavy atom. The topological polar surface area (TPSA) is 52.6 Å². The predicted molar refractivity (Wildman–Crippen MR) is 108 cm³/mol. The highest BCUT2D eigenvalue weighted by Gasteiger charge is 2.41. The Hall–Kier alpha value is -1.16. The number of hydrogen-bond acceptors (Lipinski definition) is 4. The van der Waals surface area contributed by atoms with Crippen LogP contribution in [0.1, 0.15) is 42.6 Å². The maximum atomic E-state index is 13.2. The number of rotatable bonds is 5. The van der Waals surface area contributed by atoms with E-state index in [-0.39, 0.29) is 11.2 Å². The molecule has 1 aliphatic rings. The van der Waals surface area contributed by atoms with Gasteiger partial charge in [-0.1, -0.05) is 49.2 Å². The van der Waals surface area contributed by atoms with Crippen molar-refractivity contribution in [3.63, 3.8) is 0 Å². The van der Waals surface area contributed by atoms with Crippen LogP contribution >= 0.6 is 30.8 Å². The third-order valence-corrected chi connectivity index (χ3v) is 7.59. The molecule has 144 valence electrons. The Balaban J connectivity index is 1.89. The third-order valence-electron chi connectivity index (χ3n) is 5.18. The molecule has 0 unspecified atom stereocenters. The quantitative estimate of drug-likeness (QED) is 0.441. The Morgan fingerprint density at radius 3 is 2.37 bits per heavy atom. The van der Waals surface area contributed by atoms with Crippen LogP contribution in [0.5, 0.6) is 0 Å². The molecule has 0 radical (unpaired) electrons. The molecule has 2 aromatic carbocycles. The molecule has 27 heavy (non-hydrogen) atoms. The van der Waals surface area contributed by atoms with Crippen molar-refractivity contribution in [3.8, 4) is 0 Å². The molecule has 4 nitrogen and oxygen atoms in total. The average molecular weight is 427 g/mol. The summed E-state index contributed by atoms with van der Waals surface area (Å²) in [6.45, 7) is 4.88. The average Bonchev–Trinajstić information content (AvgIpc) is 2.70. The van der Waals surface area contributed by atoms with Gasteiger partial charge in [0.1, 0.15) is 0 Å². The van der Waals surface area contributed by atoms with Crippen molar-refractivity contribution < 1.29 is 18.4 Å². The van der Waals surface area contributed by atoms with Gasteiger partial charge in [-0.2, -0.15) is 0 Å². The second-order valence-corrected chi connectivity index (χ2v) is 9.63. The van der Waals surface area contributed by atoms with Gasteiger partial charge in [0.25, 0.3) is 0 Å². The number of halogens is 2. The molecule has 0 N–H and O–H groups in total. The minimum absolute atomic E-state index is 0.115. The van der Waals surface area contributed by atoms with Crippen molar-refractivity contribution in [3.05, 3.63) is 63.6 Å². The first-order chi connectivity index (χ1) is 12.8. The van der Waals surface area contributed by atoms with E-state index in [1.807, 2.05) is 0 Å². The fourth-order valence-electron chi connectivity index (χ4n) is 2.97. The number of benzene rings is 2. The molecule has 0 aromatic heterocycles. The molecular weight excluding hydrogens is 406 g/mol. The van der Waals surface area contributed by atoms with Gasteiger partial charge in [-0.15, -0.1) is 0 Å². The van der Waals surface area contributed by atoms with Gasteiger partial charge in [0.15, 0.2) is 5.78 Å². The summed E-state index contributed by atoms with van der Waals surface area (Å²) in [5.74, 6) is -0.301. The summed E-state index contributed by atoms with van der Waals surface area (Å²) >= 11 is 12.1. The second kappa shape index (κ2) is 8.06. The van der Waals surface area contributed by atoms with E-state index in [4.69, 9.17) is 32.2 Å². The normalized spacial score (nSPS) is 18.2. The molecule has 0 spiro atoms. The van der Waals surface area contributed by atoms with Crippen molar-refractivity contribution in [1.29, 1.82) is 0 Å². The van der Waals surface area contributed by atoms with Crippen molar-refractivity contribution in [2.24, 2.45) is 5.41 Å². The van der Waals surface area contributed by atoms with Gasteiger partial charge in [0, 0.05) is 21.6 Å². The molecule has 1 aliphatic heterocycles. The Morgan fingerprint density at radius 2 is 1.74 bits per heavy atom. The summed E-state index contributed by atoms with van der Waals surface area (Å²) in [6, 6.07) is 11.2. The molecule has 0 atom stereocenters. The molecule has 0 saturated carbocycles. The van der Waals surface area contributed by atoms with Gasteiger partial charge in [-0.25, -0.2) is 0 Å². The standard InChI is InChI=1S/C20H21Cl2O4P/c1-3-20(4-2)12-25-27(24,26-13-20)16-7-5-6-14(10-16)19(23)17-11-15(21)8-9-18(17)22/h5-11H,3-4,12-13H2,1-2H3. The second-order valence-electron chi connectivity index (χ2n) is 6.76. The molecular formula is C20H21Cl2O4P. The van der Waals surface area contributed by atoms with E-state index in [1.54, 1.807) is 36.4 Å². The number of carbonyl (C=O) groups is 1. The number of carbonyl (C=O) groups excluding carboxylic acids is 1. The Labute approximate surface area is 169 Å². The molecule has 0 bridgehead atoms. The van der Waals surface area contributed by atoms with Crippen molar-refractivity contribution in [2.75, 3.05) is 13.2 Å². The van der Waals surface area contributed by atoms with Crippen molar-refractivity contribution in [2.45, 2.75) is 26.7 Å². The fraction of sp³-hybridized carbons (Fsp3) is 0.350. The SMILES string of the molecule is CCC1(CC)COP(=O)(c2cccc(C(=O)c3cc(Cl)ccc3Cl)c2)OC1. The van der Waals surface area contributed by atoms with Crippen LogP contribution in [0.4, 0.5) is 0 Å². The van der Waals surface area contributed by atoms with E-state index in [1.165, 1.54) is 6.07 Å². The molecule has 0 amide bonds. The van der Waals surface area contributed by atoms with E-state index in [0.717, 1.165) is 12.8 Å². The minimum Gasteiger partial charge on any atom is -0.305 e. The van der Waals surface area contributed by atoms with Gasteiger partial charge in [-0.3, -0.25) is 9.36 Å². The van der Waals surface area contributed by atoms with Gasteiger partial charge in [0.05, 0.1) is 23.5 Å². The first kappa shape index (κ1) is 20.6. The van der Waals surface area contributed by atoms with E-state index in [9.17, 15) is 9.36 Å². The number of hydrogen-bond donors (Lipinski definition) is 0. The van der Waals surface area contributed by atoms with Gasteiger partial charge >= 0.3 is 7.60 Å². The molecule has 0 aliphatic carbocycles. The number of ketones is 1. The predicted octanol–water partition coefficient (Wildman–Crippen LogP) is 5.90. The van der Waals surface area contributed by atoms with Gasteiger partial charge in [-0.05, 0) is 43.2 Å². The van der Waals surface area contributed by atoms with Crippen LogP contribution in [0.3, 0.4) is 0 Å². The van der Waals surface area contributed by atoms with Crippen LogP contribution in [0.25, 0.3) is 0 Å². The minimum atomic E-state index is -3.46. The summed E-state index contributed by atoms with van der Waals surface area (Å²) < 4.78 is 24.6. The van der Waals surface area contributed by atoms with Crippen LogP contribution in [0, 0.1) is 5.41 Å². The highest BCUT2D eigenvalue weighted by Crippen LogP contribution is 2.54. The van der Waals surface area contributed by atoms with Crippen molar-refractivity contribution in [1.82, 2.24) is 0 Å².